The number of amides is 2. The third kappa shape index (κ3) is 5.95. The van der Waals surface area contributed by atoms with Crippen LogP contribution in [0.25, 0.3) is 44.2 Å². The fourth-order valence-corrected chi connectivity index (χ4v) is 8.99. The Balaban J connectivity index is 0.960. The number of benzene rings is 3. The van der Waals surface area contributed by atoms with Crippen LogP contribution in [-0.2, 0) is 9.47 Å². The fraction of sp³-hybridized carbons (Fsp3) is 0.429. The molecule has 274 valence electrons. The first-order valence-corrected chi connectivity index (χ1v) is 19.0. The van der Waals surface area contributed by atoms with Crippen LogP contribution in [0, 0.1) is 11.8 Å². The Hall–Kier alpha value is -4.83. The maximum atomic E-state index is 13.4. The summed E-state index contributed by atoms with van der Waals surface area (Å²) in [5, 5.41) is 2.57. The highest BCUT2D eigenvalue weighted by molar-refractivity contribution is 6.32. The molecule has 0 radical (unpaired) electrons. The van der Waals surface area contributed by atoms with Crippen molar-refractivity contribution in [3.05, 3.63) is 83.6 Å². The molecular formula is C42H45ClN6O4. The van der Waals surface area contributed by atoms with E-state index >= 15 is 0 Å². The standard InChI is InChI=1S/C42H45ClN6O4/c1-21-16-27-20-32(49(35(21)27)40(51)53-42(5,6)7)37-44-29-15-13-25-17-24(12-14-28(25)34(29)46-37)22-8-10-23(11-9-22)33-36(43)47-38(45-33)31-19-26-18-30(26)48(31)39(50)52-41(2,3)4/h8-15,17,26-27,30-32,35H,1,16,18-20H2,2-7H3,(H,44,46)(H,45,47). The average molecular weight is 733 g/mol. The second-order valence-corrected chi connectivity index (χ2v) is 17.7. The summed E-state index contributed by atoms with van der Waals surface area (Å²) in [7, 11) is 0. The maximum Gasteiger partial charge on any atom is 0.411 e. The summed E-state index contributed by atoms with van der Waals surface area (Å²) >= 11 is 6.73. The van der Waals surface area contributed by atoms with Crippen LogP contribution in [0.4, 0.5) is 9.59 Å². The number of likely N-dealkylation sites (tertiary alicyclic amines) is 2. The van der Waals surface area contributed by atoms with E-state index in [2.05, 4.69) is 59.0 Å². The minimum absolute atomic E-state index is 0.00725. The summed E-state index contributed by atoms with van der Waals surface area (Å²) in [4.78, 5) is 47.1. The number of piperidine rings is 1. The van der Waals surface area contributed by atoms with Crippen molar-refractivity contribution in [3.8, 4) is 22.4 Å². The molecule has 2 aliphatic heterocycles. The predicted molar refractivity (Wildman–Crippen MR) is 205 cm³/mol. The summed E-state index contributed by atoms with van der Waals surface area (Å²) in [5.74, 6) is 2.32. The number of nitrogens with zero attached hydrogens (tertiary/aromatic N) is 4. The molecule has 6 unspecified atom stereocenters. The first-order valence-electron chi connectivity index (χ1n) is 18.6. The molecule has 2 saturated heterocycles. The number of fused-ring (bicyclic) bond motifs is 5. The van der Waals surface area contributed by atoms with Gasteiger partial charge in [-0.2, -0.15) is 0 Å². The van der Waals surface area contributed by atoms with E-state index < -0.39 is 11.2 Å². The molecule has 0 spiro atoms. The number of imidazole rings is 2. The van der Waals surface area contributed by atoms with Gasteiger partial charge in [0.1, 0.15) is 33.7 Å². The number of carbonyl (C=O) groups is 2. The molecule has 11 heteroatoms. The monoisotopic (exact) mass is 732 g/mol. The molecule has 6 atom stereocenters. The third-order valence-electron chi connectivity index (χ3n) is 11.2. The summed E-state index contributed by atoms with van der Waals surface area (Å²) in [6, 6.07) is 18.6. The number of aromatic amines is 2. The zero-order valence-electron chi connectivity index (χ0n) is 31.0. The van der Waals surface area contributed by atoms with E-state index in [-0.39, 0.29) is 36.4 Å². The number of hydrogen-bond acceptors (Lipinski definition) is 6. The number of hydrogen-bond donors (Lipinski definition) is 2. The lowest BCUT2D eigenvalue weighted by Crippen LogP contribution is -2.47. The van der Waals surface area contributed by atoms with Gasteiger partial charge in [-0.15, -0.1) is 0 Å². The Morgan fingerprint density at radius 3 is 2.09 bits per heavy atom. The van der Waals surface area contributed by atoms with E-state index in [1.54, 1.807) is 0 Å². The molecule has 2 saturated carbocycles. The van der Waals surface area contributed by atoms with Gasteiger partial charge in [0.15, 0.2) is 0 Å². The number of H-pyrrole nitrogens is 2. The highest BCUT2D eigenvalue weighted by Gasteiger charge is 2.56. The fourth-order valence-electron chi connectivity index (χ4n) is 8.75. The van der Waals surface area contributed by atoms with Crippen LogP contribution in [0.2, 0.25) is 5.15 Å². The summed E-state index contributed by atoms with van der Waals surface area (Å²) in [6.07, 6.45) is 3.00. The topological polar surface area (TPSA) is 116 Å². The SMILES string of the molecule is C=C1CC2CC(c3nc4c(ccc5cc(-c6ccc(-c7nc(C8CC9CC9N8C(=O)OC(C)(C)C)[nH]c7Cl)cc6)ccc54)[nH]3)N(C(=O)OC(C)(C)C)C12. The zero-order chi connectivity index (χ0) is 37.1. The molecule has 4 aliphatic rings. The molecule has 2 amide bonds. The smallest absolute Gasteiger partial charge is 0.411 e. The van der Waals surface area contributed by atoms with Gasteiger partial charge in [0, 0.05) is 17.0 Å². The van der Waals surface area contributed by atoms with Crippen molar-refractivity contribution in [1.82, 2.24) is 29.7 Å². The van der Waals surface area contributed by atoms with E-state index in [9.17, 15) is 9.59 Å². The van der Waals surface area contributed by atoms with Gasteiger partial charge in [-0.3, -0.25) is 9.80 Å². The first-order chi connectivity index (χ1) is 25.1. The number of nitrogens with one attached hydrogen (secondary N) is 2. The van der Waals surface area contributed by atoms with Crippen molar-refractivity contribution in [2.75, 3.05) is 0 Å². The minimum atomic E-state index is -0.593. The maximum absolute atomic E-state index is 13.4. The lowest BCUT2D eigenvalue weighted by atomic mass is 9.76. The van der Waals surface area contributed by atoms with Crippen molar-refractivity contribution in [2.45, 2.75) is 103 Å². The van der Waals surface area contributed by atoms with Gasteiger partial charge < -0.3 is 19.4 Å². The summed E-state index contributed by atoms with van der Waals surface area (Å²) in [5.41, 5.74) is 5.43. The van der Waals surface area contributed by atoms with Crippen molar-refractivity contribution in [1.29, 1.82) is 0 Å². The van der Waals surface area contributed by atoms with Crippen molar-refractivity contribution < 1.29 is 19.1 Å². The van der Waals surface area contributed by atoms with Gasteiger partial charge in [0.05, 0.1) is 29.2 Å². The third-order valence-corrected chi connectivity index (χ3v) is 11.4. The lowest BCUT2D eigenvalue weighted by Gasteiger charge is -2.39. The van der Waals surface area contributed by atoms with Gasteiger partial charge in [-0.25, -0.2) is 19.6 Å². The van der Waals surface area contributed by atoms with Crippen LogP contribution in [0.3, 0.4) is 0 Å². The van der Waals surface area contributed by atoms with Crippen LogP contribution in [0.15, 0.2) is 66.7 Å². The van der Waals surface area contributed by atoms with Gasteiger partial charge >= 0.3 is 12.2 Å². The predicted octanol–water partition coefficient (Wildman–Crippen LogP) is 10.1. The van der Waals surface area contributed by atoms with Crippen LogP contribution in [0.5, 0.6) is 0 Å². The first kappa shape index (κ1) is 34.0. The number of aromatic nitrogens is 4. The van der Waals surface area contributed by atoms with E-state index in [0.717, 1.165) is 75.6 Å². The molecule has 2 aromatic heterocycles. The summed E-state index contributed by atoms with van der Waals surface area (Å²) < 4.78 is 11.6. The van der Waals surface area contributed by atoms with Gasteiger partial charge in [0.2, 0.25) is 0 Å². The Morgan fingerprint density at radius 2 is 1.40 bits per heavy atom. The number of ether oxygens (including phenoxy) is 2. The largest absolute Gasteiger partial charge is 0.444 e. The highest BCUT2D eigenvalue weighted by atomic mass is 35.5. The number of halogens is 1. The van der Waals surface area contributed by atoms with Crippen LogP contribution in [-0.4, -0.2) is 65.2 Å². The molecular weight excluding hydrogens is 688 g/mol. The Morgan fingerprint density at radius 1 is 0.774 bits per heavy atom. The summed E-state index contributed by atoms with van der Waals surface area (Å²) in [6.45, 7) is 15.6. The second-order valence-electron chi connectivity index (χ2n) is 17.3. The molecule has 2 aliphatic carbocycles. The van der Waals surface area contributed by atoms with Crippen LogP contribution in [0.1, 0.15) is 91.0 Å². The van der Waals surface area contributed by atoms with Gasteiger partial charge in [-0.1, -0.05) is 66.2 Å². The van der Waals surface area contributed by atoms with E-state index in [4.69, 9.17) is 31.0 Å². The van der Waals surface area contributed by atoms with Gasteiger partial charge in [-0.05, 0) is 108 Å². The second kappa shape index (κ2) is 11.8. The molecule has 5 aromatic rings. The van der Waals surface area contributed by atoms with Crippen molar-refractivity contribution in [2.24, 2.45) is 11.8 Å². The molecule has 3 aromatic carbocycles. The van der Waals surface area contributed by atoms with Crippen LogP contribution < -0.4 is 0 Å². The minimum Gasteiger partial charge on any atom is -0.444 e. The van der Waals surface area contributed by atoms with E-state index in [1.807, 2.05) is 63.5 Å². The zero-order valence-corrected chi connectivity index (χ0v) is 31.8. The molecule has 2 N–H and O–H groups in total. The molecule has 4 heterocycles. The van der Waals surface area contributed by atoms with Crippen LogP contribution >= 0.6 is 11.6 Å². The van der Waals surface area contributed by atoms with E-state index in [0.29, 0.717) is 28.5 Å². The molecule has 10 nitrogen and oxygen atoms in total. The van der Waals surface area contributed by atoms with Crippen molar-refractivity contribution >= 4 is 45.6 Å². The Labute approximate surface area is 313 Å². The Kier molecular flexibility index (Phi) is 7.59. The normalized spacial score (nSPS) is 25.1. The molecule has 4 fully saturated rings. The Bertz CT molecular complexity index is 2310. The molecule has 9 rings (SSSR count). The quantitative estimate of drug-likeness (QED) is 0.178. The average Bonchev–Trinajstić information content (AvgIpc) is 3.42. The van der Waals surface area contributed by atoms with Gasteiger partial charge in [0.25, 0.3) is 0 Å². The lowest BCUT2D eigenvalue weighted by molar-refractivity contribution is 0.0120. The van der Waals surface area contributed by atoms with E-state index in [1.165, 1.54) is 0 Å². The van der Waals surface area contributed by atoms with Crippen molar-refractivity contribution in [3.63, 3.8) is 0 Å². The number of carbonyl (C=O) groups excluding carboxylic acids is 2. The number of rotatable bonds is 4. The highest BCUT2D eigenvalue weighted by Crippen LogP contribution is 2.54. The molecule has 53 heavy (non-hydrogen) atoms. The molecule has 0 bridgehead atoms.